The summed E-state index contributed by atoms with van der Waals surface area (Å²) >= 11 is 0. The van der Waals surface area contributed by atoms with Crippen molar-refractivity contribution in [3.63, 3.8) is 0 Å². The van der Waals surface area contributed by atoms with Crippen LogP contribution in [-0.4, -0.2) is 6.54 Å². The molecule has 90 valence electrons. The molecule has 1 aromatic rings. The van der Waals surface area contributed by atoms with Gasteiger partial charge in [-0.3, -0.25) is 0 Å². The number of rotatable bonds is 5. The number of alkyl halides is 2. The molecule has 1 rings (SSSR count). The summed E-state index contributed by atoms with van der Waals surface area (Å²) in [6.45, 7) is 4.16. The van der Waals surface area contributed by atoms with Crippen LogP contribution in [0.2, 0.25) is 0 Å². The highest BCUT2D eigenvalue weighted by molar-refractivity contribution is 5.26. The fourth-order valence-corrected chi connectivity index (χ4v) is 1.57. The van der Waals surface area contributed by atoms with Crippen LogP contribution in [-0.2, 0) is 12.3 Å². The van der Waals surface area contributed by atoms with Crippen molar-refractivity contribution in [2.24, 2.45) is 11.7 Å². The van der Waals surface area contributed by atoms with Gasteiger partial charge in [0, 0.05) is 12.0 Å². The summed E-state index contributed by atoms with van der Waals surface area (Å²) in [5, 5.41) is 0. The van der Waals surface area contributed by atoms with Crippen LogP contribution in [0.5, 0.6) is 0 Å². The Kier molecular flexibility index (Phi) is 4.42. The second-order valence-corrected chi connectivity index (χ2v) is 4.30. The molecule has 0 bridgehead atoms. The van der Waals surface area contributed by atoms with E-state index in [2.05, 4.69) is 6.92 Å². The number of hydrogen-bond donors (Lipinski definition) is 1. The van der Waals surface area contributed by atoms with Crippen LogP contribution in [0.4, 0.5) is 8.78 Å². The van der Waals surface area contributed by atoms with E-state index in [4.69, 9.17) is 5.73 Å². The SMILES string of the molecule is CCC(F)(F)c1ccc(CC(C)CN)cc1. The normalized spacial score (nSPS) is 13.8. The van der Waals surface area contributed by atoms with Crippen LogP contribution in [0.3, 0.4) is 0 Å². The average Bonchev–Trinajstić information content (AvgIpc) is 2.29. The first-order valence-corrected chi connectivity index (χ1v) is 5.67. The first-order valence-electron chi connectivity index (χ1n) is 5.67. The molecule has 0 heterocycles. The third-order valence-electron chi connectivity index (χ3n) is 2.81. The van der Waals surface area contributed by atoms with Gasteiger partial charge in [0.25, 0.3) is 5.92 Å². The Morgan fingerprint density at radius 3 is 2.25 bits per heavy atom. The minimum absolute atomic E-state index is 0.0964. The summed E-state index contributed by atoms with van der Waals surface area (Å²) in [7, 11) is 0. The minimum Gasteiger partial charge on any atom is -0.330 e. The second-order valence-electron chi connectivity index (χ2n) is 4.30. The maximum atomic E-state index is 13.3. The van der Waals surface area contributed by atoms with Gasteiger partial charge in [-0.25, -0.2) is 8.78 Å². The van der Waals surface area contributed by atoms with Crippen LogP contribution in [0.1, 0.15) is 31.4 Å². The molecule has 1 unspecified atom stereocenters. The van der Waals surface area contributed by atoms with Crippen molar-refractivity contribution >= 4 is 0 Å². The topological polar surface area (TPSA) is 26.0 Å². The molecule has 0 radical (unpaired) electrons. The van der Waals surface area contributed by atoms with Gasteiger partial charge in [0.2, 0.25) is 0 Å². The molecule has 1 atom stereocenters. The highest BCUT2D eigenvalue weighted by Gasteiger charge is 2.28. The van der Waals surface area contributed by atoms with Crippen LogP contribution in [0.25, 0.3) is 0 Å². The third kappa shape index (κ3) is 3.27. The van der Waals surface area contributed by atoms with E-state index in [0.29, 0.717) is 12.5 Å². The van der Waals surface area contributed by atoms with Gasteiger partial charge >= 0.3 is 0 Å². The summed E-state index contributed by atoms with van der Waals surface area (Å²) in [6.07, 6.45) is 0.681. The van der Waals surface area contributed by atoms with Gasteiger partial charge in [-0.05, 0) is 24.4 Å². The minimum atomic E-state index is -2.71. The molecule has 0 saturated heterocycles. The van der Waals surface area contributed by atoms with E-state index in [9.17, 15) is 8.78 Å². The lowest BCUT2D eigenvalue weighted by molar-refractivity contribution is -0.00829. The highest BCUT2D eigenvalue weighted by Crippen LogP contribution is 2.31. The molecule has 16 heavy (non-hydrogen) atoms. The van der Waals surface area contributed by atoms with E-state index in [1.165, 1.54) is 19.1 Å². The van der Waals surface area contributed by atoms with Crippen molar-refractivity contribution in [2.45, 2.75) is 32.6 Å². The van der Waals surface area contributed by atoms with E-state index in [0.717, 1.165) is 12.0 Å². The fraction of sp³-hybridized carbons (Fsp3) is 0.538. The fourth-order valence-electron chi connectivity index (χ4n) is 1.57. The molecule has 0 amide bonds. The van der Waals surface area contributed by atoms with Crippen molar-refractivity contribution in [1.29, 1.82) is 0 Å². The van der Waals surface area contributed by atoms with Gasteiger partial charge in [-0.2, -0.15) is 0 Å². The summed E-state index contributed by atoms with van der Waals surface area (Å²) < 4.78 is 26.7. The van der Waals surface area contributed by atoms with Gasteiger partial charge in [0.15, 0.2) is 0 Å². The summed E-state index contributed by atoms with van der Waals surface area (Å²) in [5.41, 5.74) is 6.68. The summed E-state index contributed by atoms with van der Waals surface area (Å²) in [6, 6.07) is 6.57. The lowest BCUT2D eigenvalue weighted by atomic mass is 9.98. The smallest absolute Gasteiger partial charge is 0.273 e. The van der Waals surface area contributed by atoms with Gasteiger partial charge in [-0.15, -0.1) is 0 Å². The van der Waals surface area contributed by atoms with E-state index in [-0.39, 0.29) is 12.0 Å². The van der Waals surface area contributed by atoms with Gasteiger partial charge in [0.1, 0.15) is 0 Å². The van der Waals surface area contributed by atoms with E-state index >= 15 is 0 Å². The molecule has 2 N–H and O–H groups in total. The Morgan fingerprint density at radius 1 is 1.25 bits per heavy atom. The lowest BCUT2D eigenvalue weighted by Crippen LogP contribution is -2.14. The Labute approximate surface area is 95.7 Å². The zero-order valence-corrected chi connectivity index (χ0v) is 9.84. The molecule has 3 heteroatoms. The van der Waals surface area contributed by atoms with E-state index in [1.807, 2.05) is 0 Å². The Hall–Kier alpha value is -0.960. The monoisotopic (exact) mass is 227 g/mol. The van der Waals surface area contributed by atoms with Crippen molar-refractivity contribution in [3.8, 4) is 0 Å². The van der Waals surface area contributed by atoms with Crippen molar-refractivity contribution in [2.75, 3.05) is 6.54 Å². The zero-order chi connectivity index (χ0) is 12.2. The molecule has 0 aromatic heterocycles. The average molecular weight is 227 g/mol. The molecule has 1 aromatic carbocycles. The van der Waals surface area contributed by atoms with E-state index < -0.39 is 5.92 Å². The maximum Gasteiger partial charge on any atom is 0.273 e. The van der Waals surface area contributed by atoms with Crippen molar-refractivity contribution in [3.05, 3.63) is 35.4 Å². The summed E-state index contributed by atoms with van der Waals surface area (Å²) in [4.78, 5) is 0. The highest BCUT2D eigenvalue weighted by atomic mass is 19.3. The number of benzene rings is 1. The van der Waals surface area contributed by atoms with Crippen molar-refractivity contribution < 1.29 is 8.78 Å². The lowest BCUT2D eigenvalue weighted by Gasteiger charge is -2.15. The first-order chi connectivity index (χ1) is 7.49. The number of hydrogen-bond acceptors (Lipinski definition) is 1. The van der Waals surface area contributed by atoms with Gasteiger partial charge < -0.3 is 5.73 Å². The summed E-state index contributed by atoms with van der Waals surface area (Å²) in [5.74, 6) is -2.32. The predicted octanol–water partition coefficient (Wildman–Crippen LogP) is 3.33. The number of nitrogens with two attached hydrogens (primary N) is 1. The zero-order valence-electron chi connectivity index (χ0n) is 9.84. The van der Waals surface area contributed by atoms with Crippen LogP contribution in [0, 0.1) is 5.92 Å². The Morgan fingerprint density at radius 2 is 1.81 bits per heavy atom. The molecule has 0 aliphatic carbocycles. The molecule has 0 spiro atoms. The molecule has 0 aliphatic rings. The largest absolute Gasteiger partial charge is 0.330 e. The van der Waals surface area contributed by atoms with Gasteiger partial charge in [0.05, 0.1) is 0 Å². The molecule has 0 aliphatic heterocycles. The Bertz CT molecular complexity index is 319. The quantitative estimate of drug-likeness (QED) is 0.820. The molecule has 0 saturated carbocycles. The molecule has 0 fully saturated rings. The van der Waals surface area contributed by atoms with E-state index in [1.54, 1.807) is 12.1 Å². The molecular formula is C13H19F2N. The standard InChI is InChI=1S/C13H19F2N/c1-3-13(14,15)12-6-4-11(5-7-12)8-10(2)9-16/h4-7,10H,3,8-9,16H2,1-2H3. The Balaban J connectivity index is 2.75. The maximum absolute atomic E-state index is 13.3. The third-order valence-corrected chi connectivity index (χ3v) is 2.81. The van der Waals surface area contributed by atoms with Gasteiger partial charge in [-0.1, -0.05) is 38.1 Å². The number of halogens is 2. The van der Waals surface area contributed by atoms with Crippen LogP contribution < -0.4 is 5.73 Å². The van der Waals surface area contributed by atoms with Crippen molar-refractivity contribution in [1.82, 2.24) is 0 Å². The van der Waals surface area contributed by atoms with Crippen LogP contribution in [0.15, 0.2) is 24.3 Å². The molecular weight excluding hydrogens is 208 g/mol. The predicted molar refractivity (Wildman–Crippen MR) is 62.5 cm³/mol. The van der Waals surface area contributed by atoms with Crippen LogP contribution >= 0.6 is 0 Å². The second kappa shape index (κ2) is 5.39. The first kappa shape index (κ1) is 13.1. The molecule has 1 nitrogen and oxygen atoms in total.